The number of furan rings is 1. The zero-order valence-corrected chi connectivity index (χ0v) is 13.5. The first-order valence-electron chi connectivity index (χ1n) is 6.23. The van der Waals surface area contributed by atoms with Crippen LogP contribution in [0.1, 0.15) is 15.4 Å². The normalized spacial score (nSPS) is 10.6. The molecule has 0 radical (unpaired) electrons. The number of benzene rings is 1. The van der Waals surface area contributed by atoms with Crippen LogP contribution >= 0.6 is 27.3 Å². The Kier molecular flexibility index (Phi) is 3.90. The van der Waals surface area contributed by atoms with E-state index in [4.69, 9.17) is 4.42 Å². The maximum absolute atomic E-state index is 12.0. The number of amides is 1. The molecule has 0 aliphatic heterocycles. The minimum Gasteiger partial charge on any atom is -0.444 e. The molecule has 0 bridgehead atoms. The Bertz CT molecular complexity index is 780. The van der Waals surface area contributed by atoms with Crippen LogP contribution in [0.4, 0.5) is 5.13 Å². The molecule has 0 saturated carbocycles. The Morgan fingerprint density at radius 3 is 2.67 bits per heavy atom. The number of thiazole rings is 1. The van der Waals surface area contributed by atoms with Gasteiger partial charge in [0.15, 0.2) is 15.6 Å². The van der Waals surface area contributed by atoms with E-state index in [9.17, 15) is 4.79 Å². The van der Waals surface area contributed by atoms with Gasteiger partial charge in [-0.15, -0.1) is 11.3 Å². The summed E-state index contributed by atoms with van der Waals surface area (Å²) in [6, 6.07) is 13.2. The second-order valence-electron chi connectivity index (χ2n) is 4.35. The van der Waals surface area contributed by atoms with Crippen LogP contribution in [-0.4, -0.2) is 10.9 Å². The average Bonchev–Trinajstić information content (AvgIpc) is 3.06. The quantitative estimate of drug-likeness (QED) is 0.732. The van der Waals surface area contributed by atoms with Gasteiger partial charge in [-0.2, -0.15) is 0 Å². The number of nitrogens with one attached hydrogen (secondary N) is 1. The lowest BCUT2D eigenvalue weighted by molar-refractivity contribution is 0.0995. The van der Waals surface area contributed by atoms with Crippen molar-refractivity contribution >= 4 is 38.3 Å². The lowest BCUT2D eigenvalue weighted by atomic mass is 10.1. The van der Waals surface area contributed by atoms with Crippen LogP contribution in [0.3, 0.4) is 0 Å². The van der Waals surface area contributed by atoms with Crippen LogP contribution in [0.15, 0.2) is 51.6 Å². The van der Waals surface area contributed by atoms with Gasteiger partial charge in [-0.3, -0.25) is 10.1 Å². The number of halogens is 1. The van der Waals surface area contributed by atoms with E-state index in [-0.39, 0.29) is 11.7 Å². The number of nitrogens with zero attached hydrogens (tertiary/aromatic N) is 1. The van der Waals surface area contributed by atoms with Gasteiger partial charge < -0.3 is 4.42 Å². The fourth-order valence-electron chi connectivity index (χ4n) is 1.91. The Morgan fingerprint density at radius 1 is 1.24 bits per heavy atom. The summed E-state index contributed by atoms with van der Waals surface area (Å²) in [6.07, 6.45) is 0. The van der Waals surface area contributed by atoms with Crippen molar-refractivity contribution in [2.24, 2.45) is 0 Å². The molecular formula is C15H11BrN2O2S. The van der Waals surface area contributed by atoms with Gasteiger partial charge in [-0.1, -0.05) is 30.3 Å². The number of hydrogen-bond acceptors (Lipinski definition) is 4. The standard InChI is InChI=1S/C15H11BrN2O2S/c1-9-13(10-5-3-2-4-6-10)17-15(21-9)18-14(19)11-7-8-12(16)20-11/h2-8H,1H3,(H,17,18,19). The van der Waals surface area contributed by atoms with Crippen LogP contribution in [-0.2, 0) is 0 Å². The van der Waals surface area contributed by atoms with Crippen LogP contribution in [0.25, 0.3) is 11.3 Å². The van der Waals surface area contributed by atoms with Gasteiger partial charge >= 0.3 is 0 Å². The van der Waals surface area contributed by atoms with Crippen molar-refractivity contribution in [2.75, 3.05) is 5.32 Å². The monoisotopic (exact) mass is 362 g/mol. The fourth-order valence-corrected chi connectivity index (χ4v) is 3.05. The molecule has 0 fully saturated rings. The third-order valence-corrected chi connectivity index (χ3v) is 4.17. The van der Waals surface area contributed by atoms with E-state index in [1.54, 1.807) is 12.1 Å². The largest absolute Gasteiger partial charge is 0.444 e. The molecule has 3 aromatic rings. The first-order chi connectivity index (χ1) is 10.1. The minimum atomic E-state index is -0.311. The van der Waals surface area contributed by atoms with Crippen molar-refractivity contribution in [1.82, 2.24) is 4.98 Å². The molecule has 2 aromatic heterocycles. The van der Waals surface area contributed by atoms with E-state index in [1.165, 1.54) is 11.3 Å². The Balaban J connectivity index is 1.83. The van der Waals surface area contributed by atoms with E-state index in [0.717, 1.165) is 16.1 Å². The number of carbonyl (C=O) groups is 1. The predicted molar refractivity (Wildman–Crippen MR) is 86.6 cm³/mol. The highest BCUT2D eigenvalue weighted by atomic mass is 79.9. The van der Waals surface area contributed by atoms with E-state index in [2.05, 4.69) is 26.2 Å². The lowest BCUT2D eigenvalue weighted by Crippen LogP contribution is -2.10. The maximum Gasteiger partial charge on any atom is 0.293 e. The summed E-state index contributed by atoms with van der Waals surface area (Å²) < 4.78 is 5.74. The lowest BCUT2D eigenvalue weighted by Gasteiger charge is -1.98. The molecule has 3 rings (SSSR count). The molecule has 21 heavy (non-hydrogen) atoms. The molecule has 1 N–H and O–H groups in total. The second-order valence-corrected chi connectivity index (χ2v) is 6.33. The highest BCUT2D eigenvalue weighted by Gasteiger charge is 2.15. The minimum absolute atomic E-state index is 0.246. The average molecular weight is 363 g/mol. The van der Waals surface area contributed by atoms with Crippen molar-refractivity contribution in [2.45, 2.75) is 6.92 Å². The molecular weight excluding hydrogens is 352 g/mol. The zero-order valence-electron chi connectivity index (χ0n) is 11.1. The van der Waals surface area contributed by atoms with E-state index >= 15 is 0 Å². The number of aromatic nitrogens is 1. The molecule has 2 heterocycles. The molecule has 0 saturated heterocycles. The first kappa shape index (κ1) is 14.0. The number of hydrogen-bond donors (Lipinski definition) is 1. The topological polar surface area (TPSA) is 55.1 Å². The van der Waals surface area contributed by atoms with E-state index < -0.39 is 0 Å². The van der Waals surface area contributed by atoms with Crippen molar-refractivity contribution < 1.29 is 9.21 Å². The van der Waals surface area contributed by atoms with Gasteiger partial charge in [0, 0.05) is 10.4 Å². The molecule has 0 unspecified atom stereocenters. The molecule has 0 spiro atoms. The molecule has 0 aliphatic carbocycles. The number of carbonyl (C=O) groups excluding carboxylic acids is 1. The summed E-state index contributed by atoms with van der Waals surface area (Å²) in [5, 5.41) is 3.32. The zero-order chi connectivity index (χ0) is 14.8. The van der Waals surface area contributed by atoms with Gasteiger partial charge in [-0.05, 0) is 35.0 Å². The summed E-state index contributed by atoms with van der Waals surface area (Å²) in [7, 11) is 0. The van der Waals surface area contributed by atoms with Crippen molar-refractivity contribution in [3.05, 3.63) is 57.8 Å². The Hall–Kier alpha value is -1.92. The van der Waals surface area contributed by atoms with Crippen LogP contribution in [0, 0.1) is 6.92 Å². The molecule has 1 aromatic carbocycles. The van der Waals surface area contributed by atoms with E-state index in [0.29, 0.717) is 9.80 Å². The Labute approximate surface area is 134 Å². The summed E-state index contributed by atoms with van der Waals surface area (Å²) >= 11 is 4.62. The number of rotatable bonds is 3. The summed E-state index contributed by atoms with van der Waals surface area (Å²) in [5.41, 5.74) is 1.92. The van der Waals surface area contributed by atoms with Crippen LogP contribution in [0.5, 0.6) is 0 Å². The van der Waals surface area contributed by atoms with Crippen molar-refractivity contribution in [3.63, 3.8) is 0 Å². The summed E-state index contributed by atoms with van der Waals surface area (Å²) in [6.45, 7) is 1.99. The summed E-state index contributed by atoms with van der Waals surface area (Å²) in [5.74, 6) is -0.0648. The predicted octanol–water partition coefficient (Wildman–Crippen LogP) is 4.73. The third kappa shape index (κ3) is 3.06. The van der Waals surface area contributed by atoms with Gasteiger partial charge in [-0.25, -0.2) is 4.98 Å². The van der Waals surface area contributed by atoms with Gasteiger partial charge in [0.2, 0.25) is 0 Å². The highest BCUT2D eigenvalue weighted by Crippen LogP contribution is 2.30. The van der Waals surface area contributed by atoms with Gasteiger partial charge in [0.1, 0.15) is 0 Å². The van der Waals surface area contributed by atoms with Crippen LogP contribution < -0.4 is 5.32 Å². The molecule has 106 valence electrons. The second kappa shape index (κ2) is 5.83. The number of anilines is 1. The smallest absolute Gasteiger partial charge is 0.293 e. The molecule has 1 amide bonds. The number of aryl methyl sites for hydroxylation is 1. The van der Waals surface area contributed by atoms with Crippen LogP contribution in [0.2, 0.25) is 0 Å². The van der Waals surface area contributed by atoms with E-state index in [1.807, 2.05) is 37.3 Å². The third-order valence-electron chi connectivity index (χ3n) is 2.86. The van der Waals surface area contributed by atoms with Gasteiger partial charge in [0.05, 0.1) is 5.69 Å². The molecule has 0 atom stereocenters. The SMILES string of the molecule is Cc1sc(NC(=O)c2ccc(Br)o2)nc1-c1ccccc1. The molecule has 6 heteroatoms. The highest BCUT2D eigenvalue weighted by molar-refractivity contribution is 9.10. The van der Waals surface area contributed by atoms with Gasteiger partial charge in [0.25, 0.3) is 5.91 Å². The maximum atomic E-state index is 12.0. The molecule has 4 nitrogen and oxygen atoms in total. The summed E-state index contributed by atoms with van der Waals surface area (Å²) in [4.78, 5) is 17.6. The fraction of sp³-hybridized carbons (Fsp3) is 0.0667. The van der Waals surface area contributed by atoms with Crippen molar-refractivity contribution in [1.29, 1.82) is 0 Å². The first-order valence-corrected chi connectivity index (χ1v) is 7.84. The Morgan fingerprint density at radius 2 is 2.00 bits per heavy atom. The molecule has 0 aliphatic rings. The van der Waals surface area contributed by atoms with Crippen molar-refractivity contribution in [3.8, 4) is 11.3 Å².